The number of hydrogen-bond donors (Lipinski definition) is 2. The summed E-state index contributed by atoms with van der Waals surface area (Å²) in [5.74, 6) is -1.86. The van der Waals surface area contributed by atoms with E-state index in [1.807, 2.05) is 0 Å². The zero-order chi connectivity index (χ0) is 13.5. The largest absolute Gasteiger partial charge is 0.481 e. The average Bonchev–Trinajstić information content (AvgIpc) is 2.28. The van der Waals surface area contributed by atoms with Crippen LogP contribution in [0.3, 0.4) is 0 Å². The average molecular weight is 254 g/mol. The van der Waals surface area contributed by atoms with E-state index in [9.17, 15) is 19.8 Å². The van der Waals surface area contributed by atoms with Gasteiger partial charge >= 0.3 is 11.9 Å². The highest BCUT2D eigenvalue weighted by Gasteiger charge is 2.56. The lowest BCUT2D eigenvalue weighted by atomic mass is 9.52. The molecule has 2 rings (SSSR count). The molecule has 0 radical (unpaired) electrons. The van der Waals surface area contributed by atoms with Gasteiger partial charge in [-0.15, -0.1) is 0 Å². The number of carboxylic acids is 2. The van der Waals surface area contributed by atoms with E-state index < -0.39 is 23.3 Å². The summed E-state index contributed by atoms with van der Waals surface area (Å²) < 4.78 is 0. The second-order valence-electron chi connectivity index (χ2n) is 6.33. The lowest BCUT2D eigenvalue weighted by molar-refractivity contribution is -0.175. The number of carbonyl (C=O) groups is 2. The highest BCUT2D eigenvalue weighted by atomic mass is 16.4. The van der Waals surface area contributed by atoms with Crippen molar-refractivity contribution >= 4 is 11.9 Å². The molecule has 5 unspecified atom stereocenters. The van der Waals surface area contributed by atoms with Gasteiger partial charge in [-0.05, 0) is 43.9 Å². The van der Waals surface area contributed by atoms with Crippen molar-refractivity contribution in [3.8, 4) is 0 Å². The van der Waals surface area contributed by atoms with Crippen LogP contribution < -0.4 is 0 Å². The van der Waals surface area contributed by atoms with Gasteiger partial charge in [0.25, 0.3) is 0 Å². The van der Waals surface area contributed by atoms with Crippen molar-refractivity contribution in [2.24, 2.45) is 29.1 Å². The van der Waals surface area contributed by atoms with Crippen molar-refractivity contribution in [3.05, 3.63) is 0 Å². The Balaban J connectivity index is 2.39. The molecule has 2 aliphatic rings. The van der Waals surface area contributed by atoms with E-state index in [1.165, 1.54) is 0 Å². The van der Waals surface area contributed by atoms with Crippen LogP contribution in [0, 0.1) is 29.1 Å². The van der Waals surface area contributed by atoms with Gasteiger partial charge in [0.15, 0.2) is 0 Å². The maximum absolute atomic E-state index is 11.6. The highest BCUT2D eigenvalue weighted by molar-refractivity contribution is 5.83. The molecule has 0 aromatic carbocycles. The summed E-state index contributed by atoms with van der Waals surface area (Å²) >= 11 is 0. The van der Waals surface area contributed by atoms with Crippen LogP contribution in [-0.4, -0.2) is 22.2 Å². The van der Waals surface area contributed by atoms with E-state index in [-0.39, 0.29) is 5.92 Å². The quantitative estimate of drug-likeness (QED) is 0.794. The van der Waals surface area contributed by atoms with Crippen LogP contribution in [0.25, 0.3) is 0 Å². The Hall–Kier alpha value is -1.06. The SMILES string of the molecule is CC1CC(C)(C(=O)O)C(C(=O)O)C2CCCCC12. The fourth-order valence-corrected chi connectivity index (χ4v) is 4.40. The zero-order valence-electron chi connectivity index (χ0n) is 11.1. The first-order valence-electron chi connectivity index (χ1n) is 6.84. The summed E-state index contributed by atoms with van der Waals surface area (Å²) in [6, 6.07) is 0. The molecule has 2 N–H and O–H groups in total. The fourth-order valence-electron chi connectivity index (χ4n) is 4.40. The summed E-state index contributed by atoms with van der Waals surface area (Å²) in [6.45, 7) is 3.71. The minimum atomic E-state index is -1.11. The van der Waals surface area contributed by atoms with E-state index in [2.05, 4.69) is 6.92 Å². The molecule has 2 aliphatic carbocycles. The fraction of sp³-hybridized carbons (Fsp3) is 0.857. The Bertz CT molecular complexity index is 365. The Labute approximate surface area is 107 Å². The topological polar surface area (TPSA) is 74.6 Å². The summed E-state index contributed by atoms with van der Waals surface area (Å²) in [7, 11) is 0. The molecule has 2 saturated carbocycles. The van der Waals surface area contributed by atoms with Crippen molar-refractivity contribution in [1.29, 1.82) is 0 Å². The van der Waals surface area contributed by atoms with Crippen LogP contribution in [0.4, 0.5) is 0 Å². The van der Waals surface area contributed by atoms with Crippen molar-refractivity contribution in [2.45, 2.75) is 46.0 Å². The third-order valence-electron chi connectivity index (χ3n) is 5.22. The number of carboxylic acid groups (broad SMARTS) is 2. The summed E-state index contributed by atoms with van der Waals surface area (Å²) in [5, 5.41) is 18.9. The smallest absolute Gasteiger partial charge is 0.310 e. The Morgan fingerprint density at radius 2 is 1.67 bits per heavy atom. The lowest BCUT2D eigenvalue weighted by Gasteiger charge is -2.50. The van der Waals surface area contributed by atoms with E-state index in [1.54, 1.807) is 6.92 Å². The van der Waals surface area contributed by atoms with Crippen molar-refractivity contribution in [1.82, 2.24) is 0 Å². The first kappa shape index (κ1) is 13.4. The Morgan fingerprint density at radius 3 is 2.17 bits per heavy atom. The molecule has 4 heteroatoms. The molecule has 102 valence electrons. The first-order chi connectivity index (χ1) is 8.38. The number of hydrogen-bond acceptors (Lipinski definition) is 2. The first-order valence-corrected chi connectivity index (χ1v) is 6.84. The second kappa shape index (κ2) is 4.56. The molecule has 0 heterocycles. The van der Waals surface area contributed by atoms with Gasteiger partial charge in [0.2, 0.25) is 0 Å². The van der Waals surface area contributed by atoms with E-state index >= 15 is 0 Å². The van der Waals surface area contributed by atoms with Crippen LogP contribution in [0.2, 0.25) is 0 Å². The van der Waals surface area contributed by atoms with Gasteiger partial charge in [0.05, 0.1) is 11.3 Å². The second-order valence-corrected chi connectivity index (χ2v) is 6.33. The van der Waals surface area contributed by atoms with Crippen LogP contribution >= 0.6 is 0 Å². The van der Waals surface area contributed by atoms with Crippen LogP contribution in [0.1, 0.15) is 46.0 Å². The Kier molecular flexibility index (Phi) is 3.39. The van der Waals surface area contributed by atoms with Gasteiger partial charge in [-0.1, -0.05) is 19.8 Å². The number of aliphatic carboxylic acids is 2. The maximum atomic E-state index is 11.6. The van der Waals surface area contributed by atoms with Crippen LogP contribution in [0.15, 0.2) is 0 Å². The van der Waals surface area contributed by atoms with Crippen molar-refractivity contribution < 1.29 is 19.8 Å². The van der Waals surface area contributed by atoms with Crippen molar-refractivity contribution in [2.75, 3.05) is 0 Å². The number of rotatable bonds is 2. The molecule has 2 fully saturated rings. The maximum Gasteiger partial charge on any atom is 0.310 e. The third kappa shape index (κ3) is 1.91. The monoisotopic (exact) mass is 254 g/mol. The van der Waals surface area contributed by atoms with Gasteiger partial charge in [-0.25, -0.2) is 0 Å². The molecule has 0 bridgehead atoms. The number of fused-ring (bicyclic) bond motifs is 1. The Morgan fingerprint density at radius 1 is 1.11 bits per heavy atom. The predicted octanol–water partition coefficient (Wildman–Crippen LogP) is 2.62. The normalized spacial score (nSPS) is 44.1. The molecule has 0 aromatic heterocycles. The lowest BCUT2D eigenvalue weighted by Crippen LogP contribution is -2.53. The highest BCUT2D eigenvalue weighted by Crippen LogP contribution is 2.54. The van der Waals surface area contributed by atoms with Crippen LogP contribution in [-0.2, 0) is 9.59 Å². The molecule has 18 heavy (non-hydrogen) atoms. The third-order valence-corrected chi connectivity index (χ3v) is 5.22. The predicted molar refractivity (Wildman–Crippen MR) is 66.1 cm³/mol. The molecule has 0 spiro atoms. The van der Waals surface area contributed by atoms with Gasteiger partial charge in [-0.3, -0.25) is 9.59 Å². The summed E-state index contributed by atoms with van der Waals surface area (Å²) in [6.07, 6.45) is 4.61. The molecule has 0 aliphatic heterocycles. The minimum absolute atomic E-state index is 0.0427. The van der Waals surface area contributed by atoms with Gasteiger partial charge in [0, 0.05) is 0 Å². The molecular formula is C14H22O4. The molecule has 0 saturated heterocycles. The van der Waals surface area contributed by atoms with E-state index in [0.29, 0.717) is 18.3 Å². The van der Waals surface area contributed by atoms with E-state index in [0.717, 1.165) is 25.7 Å². The molecule has 5 atom stereocenters. The van der Waals surface area contributed by atoms with Gasteiger partial charge in [0.1, 0.15) is 0 Å². The van der Waals surface area contributed by atoms with Gasteiger partial charge < -0.3 is 10.2 Å². The molecule has 0 aromatic rings. The van der Waals surface area contributed by atoms with Gasteiger partial charge in [-0.2, -0.15) is 0 Å². The molecular weight excluding hydrogens is 232 g/mol. The standard InChI is InChI=1S/C14H22O4/c1-8-7-14(2,13(17)18)11(12(15)16)10-6-4-3-5-9(8)10/h8-11H,3-7H2,1-2H3,(H,15,16)(H,17,18). The minimum Gasteiger partial charge on any atom is -0.481 e. The van der Waals surface area contributed by atoms with Crippen molar-refractivity contribution in [3.63, 3.8) is 0 Å². The summed E-state index contributed by atoms with van der Waals surface area (Å²) in [5.41, 5.74) is -1.11. The molecule has 4 nitrogen and oxygen atoms in total. The van der Waals surface area contributed by atoms with Crippen LogP contribution in [0.5, 0.6) is 0 Å². The zero-order valence-corrected chi connectivity index (χ0v) is 11.1. The van der Waals surface area contributed by atoms with E-state index in [4.69, 9.17) is 0 Å². The summed E-state index contributed by atoms with van der Waals surface area (Å²) in [4.78, 5) is 23.1. The molecule has 0 amide bonds.